The van der Waals surface area contributed by atoms with E-state index in [4.69, 9.17) is 35.2 Å². The van der Waals surface area contributed by atoms with Crippen molar-refractivity contribution in [2.24, 2.45) is 0 Å². The molecule has 0 unspecified atom stereocenters. The Kier molecular flexibility index (Phi) is 5.60. The van der Waals surface area contributed by atoms with Gasteiger partial charge < -0.3 is 13.7 Å². The van der Waals surface area contributed by atoms with Gasteiger partial charge in [-0.1, -0.05) is 22.8 Å². The van der Waals surface area contributed by atoms with Gasteiger partial charge in [-0.25, -0.2) is 0 Å². The molecule has 37 heavy (non-hydrogen) atoms. The summed E-state index contributed by atoms with van der Waals surface area (Å²) in [4.78, 5) is 14.0. The van der Waals surface area contributed by atoms with Crippen molar-refractivity contribution >= 4 is 33.5 Å². The van der Waals surface area contributed by atoms with Crippen molar-refractivity contribution in [2.75, 3.05) is 0 Å². The Hall–Kier alpha value is -4.31. The van der Waals surface area contributed by atoms with Gasteiger partial charge in [-0.15, -0.1) is 10.2 Å². The van der Waals surface area contributed by atoms with E-state index >= 15 is 0 Å². The SMILES string of the molecule is Cc1nnc(COc2nc3cnc4cc(-c5c(C)noc5C)c(Cl)cc4c3n2[C@H](C)c2ccccn2)o1. The Morgan fingerprint density at radius 1 is 1.08 bits per heavy atom. The van der Waals surface area contributed by atoms with Crippen LogP contribution in [0.15, 0.2) is 51.7 Å². The number of rotatable bonds is 6. The molecule has 1 aromatic carbocycles. The molecule has 6 aromatic rings. The molecule has 6 rings (SSSR count). The minimum Gasteiger partial charge on any atom is -0.455 e. The van der Waals surface area contributed by atoms with Crippen LogP contribution in [-0.2, 0) is 6.61 Å². The number of aryl methyl sites for hydroxylation is 3. The highest BCUT2D eigenvalue weighted by atomic mass is 35.5. The lowest BCUT2D eigenvalue weighted by atomic mass is 10.0. The van der Waals surface area contributed by atoms with Crippen molar-refractivity contribution in [1.82, 2.24) is 34.9 Å². The van der Waals surface area contributed by atoms with Crippen molar-refractivity contribution in [3.05, 3.63) is 76.7 Å². The summed E-state index contributed by atoms with van der Waals surface area (Å²) in [6, 6.07) is 9.82. The second-order valence-corrected chi connectivity index (χ2v) is 9.15. The van der Waals surface area contributed by atoms with Crippen LogP contribution in [0.1, 0.15) is 41.9 Å². The van der Waals surface area contributed by atoms with Crippen molar-refractivity contribution in [2.45, 2.75) is 40.3 Å². The fraction of sp³-hybridized carbons (Fsp3) is 0.231. The summed E-state index contributed by atoms with van der Waals surface area (Å²) in [5, 5.41) is 13.4. The molecular formula is C26H22ClN7O3. The van der Waals surface area contributed by atoms with E-state index in [2.05, 4.69) is 20.3 Å². The lowest BCUT2D eigenvalue weighted by Gasteiger charge is -2.18. The Labute approximate surface area is 216 Å². The highest BCUT2D eigenvalue weighted by Gasteiger charge is 2.24. The van der Waals surface area contributed by atoms with Crippen molar-refractivity contribution in [3.63, 3.8) is 0 Å². The number of pyridine rings is 2. The number of imidazole rings is 1. The maximum Gasteiger partial charge on any atom is 0.298 e. The zero-order valence-corrected chi connectivity index (χ0v) is 21.3. The van der Waals surface area contributed by atoms with E-state index in [0.29, 0.717) is 34.1 Å². The second kappa shape index (κ2) is 8.97. The molecule has 186 valence electrons. The molecule has 0 fully saturated rings. The van der Waals surface area contributed by atoms with Gasteiger partial charge in [0.15, 0.2) is 6.61 Å². The maximum atomic E-state index is 6.84. The number of hydrogen-bond donors (Lipinski definition) is 0. The standard InChI is InChI=1S/C26H22ClN7O3/c1-13-24(15(3)37-33-13)17-10-21-18(9-19(17)27)25-22(11-29-21)30-26(35-12-23-32-31-16(4)36-23)34(25)14(2)20-7-5-6-8-28-20/h5-11,14H,12H2,1-4H3/t14-/m1/s1. The molecule has 0 N–H and O–H groups in total. The molecule has 0 aliphatic heterocycles. The van der Waals surface area contributed by atoms with E-state index in [-0.39, 0.29) is 12.6 Å². The van der Waals surface area contributed by atoms with E-state index < -0.39 is 0 Å². The first-order valence-electron chi connectivity index (χ1n) is 11.7. The van der Waals surface area contributed by atoms with E-state index in [1.807, 2.05) is 55.7 Å². The van der Waals surface area contributed by atoms with Gasteiger partial charge in [0.1, 0.15) is 11.3 Å². The van der Waals surface area contributed by atoms with Gasteiger partial charge in [-0.2, -0.15) is 4.98 Å². The number of halogens is 1. The molecule has 10 nitrogen and oxygen atoms in total. The molecule has 5 heterocycles. The van der Waals surface area contributed by atoms with Gasteiger partial charge in [0.2, 0.25) is 5.89 Å². The van der Waals surface area contributed by atoms with Crippen LogP contribution in [0.3, 0.4) is 0 Å². The zero-order valence-electron chi connectivity index (χ0n) is 20.6. The molecule has 0 spiro atoms. The van der Waals surface area contributed by atoms with Crippen molar-refractivity contribution < 1.29 is 13.7 Å². The zero-order chi connectivity index (χ0) is 25.7. The van der Waals surface area contributed by atoms with Gasteiger partial charge in [0.05, 0.1) is 34.7 Å². The quantitative estimate of drug-likeness (QED) is 0.271. The molecule has 0 saturated carbocycles. The molecule has 1 atom stereocenters. The van der Waals surface area contributed by atoms with Crippen molar-refractivity contribution in [1.29, 1.82) is 0 Å². The van der Waals surface area contributed by atoms with Crippen molar-refractivity contribution in [3.8, 4) is 17.1 Å². The average molecular weight is 516 g/mol. The molecule has 0 aliphatic rings. The molecular weight excluding hydrogens is 494 g/mol. The van der Waals surface area contributed by atoms with Crippen LogP contribution >= 0.6 is 11.6 Å². The van der Waals surface area contributed by atoms with Gasteiger partial charge >= 0.3 is 0 Å². The van der Waals surface area contributed by atoms with Crippen LogP contribution in [0.25, 0.3) is 33.1 Å². The fourth-order valence-corrected chi connectivity index (χ4v) is 4.83. The third kappa shape index (κ3) is 3.99. The predicted octanol–water partition coefficient (Wildman–Crippen LogP) is 5.78. The van der Waals surface area contributed by atoms with Gasteiger partial charge in [0.25, 0.3) is 11.9 Å². The molecule has 0 radical (unpaired) electrons. The Balaban J connectivity index is 1.55. The molecule has 0 aliphatic carbocycles. The Morgan fingerprint density at radius 2 is 1.95 bits per heavy atom. The largest absolute Gasteiger partial charge is 0.455 e. The first-order chi connectivity index (χ1) is 17.9. The fourth-order valence-electron chi connectivity index (χ4n) is 4.57. The normalized spacial score (nSPS) is 12.5. The number of benzene rings is 1. The van der Waals surface area contributed by atoms with E-state index in [9.17, 15) is 0 Å². The van der Waals surface area contributed by atoms with Gasteiger partial charge in [0, 0.05) is 34.7 Å². The van der Waals surface area contributed by atoms with E-state index in [0.717, 1.165) is 38.9 Å². The van der Waals surface area contributed by atoms with Gasteiger partial charge in [-0.05, 0) is 45.0 Å². The topological polar surface area (TPSA) is 118 Å². The van der Waals surface area contributed by atoms with Crippen LogP contribution in [0, 0.1) is 20.8 Å². The summed E-state index contributed by atoms with van der Waals surface area (Å²) < 4.78 is 19.0. The molecule has 5 aromatic heterocycles. The maximum absolute atomic E-state index is 6.84. The number of nitrogens with zero attached hydrogens (tertiary/aromatic N) is 7. The Bertz CT molecular complexity index is 1740. The highest BCUT2D eigenvalue weighted by molar-refractivity contribution is 6.34. The average Bonchev–Trinajstić information content (AvgIpc) is 3.59. The number of hydrogen-bond acceptors (Lipinski definition) is 9. The molecule has 0 bridgehead atoms. The van der Waals surface area contributed by atoms with Crippen LogP contribution < -0.4 is 4.74 Å². The van der Waals surface area contributed by atoms with E-state index in [1.54, 1.807) is 19.3 Å². The predicted molar refractivity (Wildman–Crippen MR) is 136 cm³/mol. The van der Waals surface area contributed by atoms with E-state index in [1.165, 1.54) is 0 Å². The smallest absolute Gasteiger partial charge is 0.298 e. The summed E-state index contributed by atoms with van der Waals surface area (Å²) >= 11 is 6.84. The number of fused-ring (bicyclic) bond motifs is 3. The first-order valence-corrected chi connectivity index (χ1v) is 12.0. The molecule has 11 heteroatoms. The third-order valence-electron chi connectivity index (χ3n) is 6.27. The molecule has 0 amide bonds. The molecule has 0 saturated heterocycles. The Morgan fingerprint density at radius 3 is 2.65 bits per heavy atom. The van der Waals surface area contributed by atoms with Crippen LogP contribution in [-0.4, -0.2) is 34.9 Å². The number of ether oxygens (including phenoxy) is 1. The lowest BCUT2D eigenvalue weighted by Crippen LogP contribution is -2.11. The second-order valence-electron chi connectivity index (χ2n) is 8.74. The summed E-state index contributed by atoms with van der Waals surface area (Å²) in [5.74, 6) is 1.52. The van der Waals surface area contributed by atoms with Crippen LogP contribution in [0.5, 0.6) is 6.01 Å². The summed E-state index contributed by atoms with van der Waals surface area (Å²) in [7, 11) is 0. The summed E-state index contributed by atoms with van der Waals surface area (Å²) in [6.07, 6.45) is 3.49. The minimum absolute atomic E-state index is 0.0708. The minimum atomic E-state index is -0.211. The third-order valence-corrected chi connectivity index (χ3v) is 6.58. The summed E-state index contributed by atoms with van der Waals surface area (Å²) in [5.41, 5.74) is 5.53. The monoisotopic (exact) mass is 515 g/mol. The highest BCUT2D eigenvalue weighted by Crippen LogP contribution is 2.39. The number of aromatic nitrogens is 7. The van der Waals surface area contributed by atoms with Gasteiger partial charge in [-0.3, -0.25) is 14.5 Å². The summed E-state index contributed by atoms with van der Waals surface area (Å²) in [6.45, 7) is 7.60. The lowest BCUT2D eigenvalue weighted by molar-refractivity contribution is 0.230. The van der Waals surface area contributed by atoms with Crippen LogP contribution in [0.2, 0.25) is 5.02 Å². The first kappa shape index (κ1) is 23.1. The van der Waals surface area contributed by atoms with Crippen LogP contribution in [0.4, 0.5) is 0 Å².